The lowest BCUT2D eigenvalue weighted by Gasteiger charge is -2.29. The van der Waals surface area contributed by atoms with Gasteiger partial charge < -0.3 is 10.1 Å². The Kier molecular flexibility index (Phi) is 10.9. The number of hydrogen-bond acceptors (Lipinski definition) is 3. The van der Waals surface area contributed by atoms with E-state index in [1.807, 2.05) is 30.3 Å². The van der Waals surface area contributed by atoms with Gasteiger partial charge in [0.15, 0.2) is 0 Å². The molecule has 41 heavy (non-hydrogen) atoms. The van der Waals surface area contributed by atoms with Crippen molar-refractivity contribution in [1.29, 1.82) is 0 Å². The van der Waals surface area contributed by atoms with Crippen LogP contribution < -0.4 is 5.32 Å². The number of halogens is 8. The molecular weight excluding hydrogens is 623 g/mol. The Morgan fingerprint density at radius 2 is 1.66 bits per heavy atom. The molecule has 4 rings (SSSR count). The van der Waals surface area contributed by atoms with E-state index in [1.54, 1.807) is 0 Å². The number of rotatable bonds is 6. The molecule has 4 nitrogen and oxygen atoms in total. The molecule has 0 heterocycles. The van der Waals surface area contributed by atoms with Gasteiger partial charge in [0.05, 0.1) is 16.8 Å². The Labute approximate surface area is 240 Å². The van der Waals surface area contributed by atoms with E-state index in [1.165, 1.54) is 12.1 Å². The molecule has 1 aliphatic rings. The molecule has 2 unspecified atom stereocenters. The summed E-state index contributed by atoms with van der Waals surface area (Å²) in [4.78, 5) is 22.3. The van der Waals surface area contributed by atoms with Crippen LogP contribution in [-0.4, -0.2) is 12.4 Å². The SMILES string of the molecule is O=C(Nc1ccc(C(F)(F)F)cc1F)C1CCCC(c2ccc(C(F)(F)F)c(Br)c2)C1.O=COCc1ccccc1. The predicted molar refractivity (Wildman–Crippen MR) is 141 cm³/mol. The maximum absolute atomic E-state index is 14.0. The monoisotopic (exact) mass is 647 g/mol. The Balaban J connectivity index is 0.000000389. The van der Waals surface area contributed by atoms with Crippen LogP contribution in [0.25, 0.3) is 0 Å². The standard InChI is InChI=1S/C21H17BrF7NO.C8H8O2/c22-16-9-12(4-6-15(16)21(27,28)29)11-2-1-3-13(8-11)19(31)30-18-7-5-14(10-17(18)23)20(24,25)26;9-7-10-6-8-4-2-1-3-5-8/h4-7,9-11,13H,1-3,8H2,(H,30,31);1-5,7H,6H2. The molecule has 1 amide bonds. The number of benzene rings is 3. The number of carbonyl (C=O) groups excluding carboxylic acids is 2. The van der Waals surface area contributed by atoms with Gasteiger partial charge in [-0.2, -0.15) is 26.3 Å². The summed E-state index contributed by atoms with van der Waals surface area (Å²) in [5, 5.41) is 2.33. The minimum absolute atomic E-state index is 0.0871. The molecule has 1 fully saturated rings. The second-order valence-corrected chi connectivity index (χ2v) is 10.2. The number of hydrogen-bond donors (Lipinski definition) is 1. The quantitative estimate of drug-likeness (QED) is 0.215. The molecule has 1 N–H and O–H groups in total. The van der Waals surface area contributed by atoms with Gasteiger partial charge in [0.2, 0.25) is 5.91 Å². The van der Waals surface area contributed by atoms with E-state index in [0.717, 1.165) is 17.7 Å². The first-order chi connectivity index (χ1) is 19.3. The van der Waals surface area contributed by atoms with E-state index in [4.69, 9.17) is 0 Å². The highest BCUT2D eigenvalue weighted by atomic mass is 79.9. The van der Waals surface area contributed by atoms with Crippen molar-refractivity contribution in [3.63, 3.8) is 0 Å². The Morgan fingerprint density at radius 1 is 0.951 bits per heavy atom. The van der Waals surface area contributed by atoms with E-state index in [9.17, 15) is 40.3 Å². The summed E-state index contributed by atoms with van der Waals surface area (Å²) >= 11 is 2.94. The number of nitrogens with one attached hydrogen (secondary N) is 1. The van der Waals surface area contributed by atoms with Gasteiger partial charge in [-0.15, -0.1) is 0 Å². The second kappa shape index (κ2) is 14.0. The first kappa shape index (κ1) is 32.1. The van der Waals surface area contributed by atoms with Gasteiger partial charge in [-0.25, -0.2) is 4.39 Å². The minimum Gasteiger partial charge on any atom is -0.463 e. The highest BCUT2D eigenvalue weighted by Gasteiger charge is 2.35. The summed E-state index contributed by atoms with van der Waals surface area (Å²) in [6.45, 7) is 0.817. The maximum atomic E-state index is 14.0. The Morgan fingerprint density at radius 3 is 2.24 bits per heavy atom. The van der Waals surface area contributed by atoms with Crippen LogP contribution in [0.4, 0.5) is 36.4 Å². The molecule has 0 aliphatic heterocycles. The van der Waals surface area contributed by atoms with Gasteiger partial charge in [-0.05, 0) is 66.6 Å². The van der Waals surface area contributed by atoms with Crippen LogP contribution in [0.1, 0.15) is 53.9 Å². The van der Waals surface area contributed by atoms with Crippen LogP contribution in [0, 0.1) is 11.7 Å². The molecule has 12 heteroatoms. The molecule has 0 spiro atoms. The number of alkyl halides is 6. The van der Waals surface area contributed by atoms with Crippen LogP contribution in [0.2, 0.25) is 0 Å². The van der Waals surface area contributed by atoms with E-state index >= 15 is 0 Å². The maximum Gasteiger partial charge on any atom is 0.417 e. The number of amides is 1. The topological polar surface area (TPSA) is 55.4 Å². The third-order valence-corrected chi connectivity index (χ3v) is 7.19. The third-order valence-electron chi connectivity index (χ3n) is 6.53. The van der Waals surface area contributed by atoms with Crippen LogP contribution in [-0.2, 0) is 33.3 Å². The van der Waals surface area contributed by atoms with E-state index < -0.39 is 41.1 Å². The third kappa shape index (κ3) is 9.31. The van der Waals surface area contributed by atoms with Crippen molar-refractivity contribution in [2.45, 2.75) is 50.6 Å². The lowest BCUT2D eigenvalue weighted by atomic mass is 9.77. The predicted octanol–water partition coefficient (Wildman–Crippen LogP) is 8.90. The normalized spacial score (nSPS) is 17.2. The molecule has 0 radical (unpaired) electrons. The van der Waals surface area contributed by atoms with Crippen molar-refractivity contribution in [3.8, 4) is 0 Å². The average Bonchev–Trinajstić information content (AvgIpc) is 2.92. The van der Waals surface area contributed by atoms with Gasteiger partial charge in [-0.3, -0.25) is 9.59 Å². The Bertz CT molecular complexity index is 1330. The molecule has 0 saturated heterocycles. The fourth-order valence-electron chi connectivity index (χ4n) is 4.48. The first-order valence-corrected chi connectivity index (χ1v) is 13.2. The van der Waals surface area contributed by atoms with Crippen molar-refractivity contribution >= 4 is 34.0 Å². The summed E-state index contributed by atoms with van der Waals surface area (Å²) in [6.07, 6.45) is -7.04. The van der Waals surface area contributed by atoms with Crippen molar-refractivity contribution in [2.75, 3.05) is 5.32 Å². The van der Waals surface area contributed by atoms with Gasteiger partial charge in [0.25, 0.3) is 6.47 Å². The summed E-state index contributed by atoms with van der Waals surface area (Å²) in [7, 11) is 0. The van der Waals surface area contributed by atoms with Crippen molar-refractivity contribution < 1.29 is 45.1 Å². The zero-order valence-electron chi connectivity index (χ0n) is 21.4. The molecule has 2 atom stereocenters. The zero-order valence-corrected chi connectivity index (χ0v) is 23.0. The molecule has 3 aromatic carbocycles. The fraction of sp³-hybridized carbons (Fsp3) is 0.310. The van der Waals surface area contributed by atoms with Gasteiger partial charge >= 0.3 is 12.4 Å². The summed E-state index contributed by atoms with van der Waals surface area (Å²) < 4.78 is 95.3. The molecule has 220 valence electrons. The second-order valence-electron chi connectivity index (χ2n) is 9.37. The van der Waals surface area contributed by atoms with Crippen molar-refractivity contribution in [2.24, 2.45) is 5.92 Å². The number of anilines is 1. The number of ether oxygens (including phenoxy) is 1. The summed E-state index contributed by atoms with van der Waals surface area (Å²) in [5.74, 6) is -2.43. The average molecular weight is 648 g/mol. The van der Waals surface area contributed by atoms with Crippen LogP contribution in [0.5, 0.6) is 0 Å². The highest BCUT2D eigenvalue weighted by Crippen LogP contribution is 2.41. The zero-order chi connectivity index (χ0) is 30.2. The molecule has 3 aromatic rings. The largest absolute Gasteiger partial charge is 0.463 e. The Hall–Kier alpha value is -3.41. The molecule has 1 saturated carbocycles. The van der Waals surface area contributed by atoms with Crippen molar-refractivity contribution in [1.82, 2.24) is 0 Å². The van der Waals surface area contributed by atoms with E-state index in [2.05, 4.69) is 26.0 Å². The lowest BCUT2D eigenvalue weighted by Crippen LogP contribution is -2.28. The summed E-state index contributed by atoms with van der Waals surface area (Å²) in [5.41, 5.74) is -0.641. The smallest absolute Gasteiger partial charge is 0.417 e. The van der Waals surface area contributed by atoms with E-state index in [-0.39, 0.29) is 16.1 Å². The van der Waals surface area contributed by atoms with Crippen LogP contribution >= 0.6 is 15.9 Å². The highest BCUT2D eigenvalue weighted by molar-refractivity contribution is 9.10. The minimum atomic E-state index is -4.70. The number of carbonyl (C=O) groups is 2. The van der Waals surface area contributed by atoms with Crippen LogP contribution in [0.15, 0.2) is 71.2 Å². The van der Waals surface area contributed by atoms with Crippen LogP contribution in [0.3, 0.4) is 0 Å². The molecule has 1 aliphatic carbocycles. The fourth-order valence-corrected chi connectivity index (χ4v) is 5.10. The van der Waals surface area contributed by atoms with E-state index in [0.29, 0.717) is 56.5 Å². The summed E-state index contributed by atoms with van der Waals surface area (Å²) in [6, 6.07) is 15.2. The van der Waals surface area contributed by atoms with Gasteiger partial charge in [0.1, 0.15) is 12.4 Å². The first-order valence-electron chi connectivity index (χ1n) is 12.4. The molecular formula is C29H25BrF7NO3. The lowest BCUT2D eigenvalue weighted by molar-refractivity contribution is -0.138. The molecule has 0 bridgehead atoms. The van der Waals surface area contributed by atoms with Crippen molar-refractivity contribution in [3.05, 3.63) is 99.3 Å². The molecule has 0 aromatic heterocycles. The van der Waals surface area contributed by atoms with Gasteiger partial charge in [0, 0.05) is 10.4 Å². The van der Waals surface area contributed by atoms with Gasteiger partial charge in [-0.1, -0.05) is 58.7 Å².